The number of carbonyl (C=O) groups excluding carboxylic acids is 1. The maximum Gasteiger partial charge on any atom is 0.416 e. The van der Waals surface area contributed by atoms with Crippen LogP contribution in [0.4, 0.5) is 35.0 Å². The quantitative estimate of drug-likeness (QED) is 0.571. The van der Waals surface area contributed by atoms with Crippen molar-refractivity contribution in [2.45, 2.75) is 6.18 Å². The van der Waals surface area contributed by atoms with Gasteiger partial charge in [-0.1, -0.05) is 11.6 Å². The minimum absolute atomic E-state index is 0.00951. The van der Waals surface area contributed by atoms with Gasteiger partial charge in [-0.05, 0) is 30.3 Å². The predicted octanol–water partition coefficient (Wildman–Crippen LogP) is 4.62. The van der Waals surface area contributed by atoms with Gasteiger partial charge in [-0.25, -0.2) is 4.79 Å². The fraction of sp³-hybridized carbons (Fsp3) is 0.278. The van der Waals surface area contributed by atoms with Crippen LogP contribution in [0.3, 0.4) is 0 Å². The van der Waals surface area contributed by atoms with Crippen LogP contribution in [-0.4, -0.2) is 42.0 Å². The number of amides is 2. The van der Waals surface area contributed by atoms with E-state index >= 15 is 0 Å². The largest absolute Gasteiger partial charge is 0.416 e. The number of nitrogens with zero attached hydrogens (tertiary/aromatic N) is 3. The van der Waals surface area contributed by atoms with Crippen molar-refractivity contribution >= 4 is 34.7 Å². The highest BCUT2D eigenvalue weighted by Crippen LogP contribution is 2.34. The first-order chi connectivity index (χ1) is 13.6. The van der Waals surface area contributed by atoms with Crippen LogP contribution in [0.15, 0.2) is 42.5 Å². The smallest absolute Gasteiger partial charge is 0.368 e. The normalized spacial score (nSPS) is 14.6. The molecule has 0 atom stereocenters. The molecule has 0 spiro atoms. The molecule has 1 aliphatic heterocycles. The number of hydrogen-bond donors (Lipinski definition) is 1. The zero-order chi connectivity index (χ0) is 21.2. The summed E-state index contributed by atoms with van der Waals surface area (Å²) in [6, 6.07) is 8.27. The number of urea groups is 1. The summed E-state index contributed by atoms with van der Waals surface area (Å²) in [6.45, 7) is 1.61. The highest BCUT2D eigenvalue weighted by molar-refractivity contribution is 6.33. The average Bonchev–Trinajstić information content (AvgIpc) is 2.69. The van der Waals surface area contributed by atoms with Gasteiger partial charge in [-0.15, -0.1) is 0 Å². The van der Waals surface area contributed by atoms with Crippen molar-refractivity contribution in [1.82, 2.24) is 4.90 Å². The third kappa shape index (κ3) is 4.89. The molecule has 29 heavy (non-hydrogen) atoms. The van der Waals surface area contributed by atoms with E-state index in [9.17, 15) is 28.1 Å². The van der Waals surface area contributed by atoms with Crippen LogP contribution in [0.1, 0.15) is 5.56 Å². The number of benzene rings is 2. The Kier molecular flexibility index (Phi) is 5.83. The van der Waals surface area contributed by atoms with Crippen LogP contribution >= 0.6 is 11.6 Å². The number of carbonyl (C=O) groups is 1. The molecule has 154 valence electrons. The number of anilines is 2. The first-order valence-electron chi connectivity index (χ1n) is 8.57. The van der Waals surface area contributed by atoms with Gasteiger partial charge in [0.15, 0.2) is 0 Å². The number of nitrogens with one attached hydrogen (secondary N) is 1. The Hall–Kier alpha value is -3.01. The van der Waals surface area contributed by atoms with Gasteiger partial charge in [0, 0.05) is 44.0 Å². The van der Waals surface area contributed by atoms with E-state index in [4.69, 9.17) is 11.6 Å². The van der Waals surface area contributed by atoms with E-state index in [1.54, 1.807) is 12.1 Å². The number of hydrogen-bond acceptors (Lipinski definition) is 4. The summed E-state index contributed by atoms with van der Waals surface area (Å²) >= 11 is 5.91. The van der Waals surface area contributed by atoms with Gasteiger partial charge in [-0.3, -0.25) is 10.1 Å². The third-order valence-electron chi connectivity index (χ3n) is 4.53. The van der Waals surface area contributed by atoms with Gasteiger partial charge in [0.25, 0.3) is 5.69 Å². The lowest BCUT2D eigenvalue weighted by Crippen LogP contribution is -2.50. The molecule has 2 aromatic rings. The first kappa shape index (κ1) is 20.7. The second-order valence-corrected chi connectivity index (χ2v) is 6.78. The van der Waals surface area contributed by atoms with Crippen molar-refractivity contribution in [3.05, 3.63) is 63.2 Å². The summed E-state index contributed by atoms with van der Waals surface area (Å²) in [5.74, 6) is 0. The van der Waals surface area contributed by atoms with Gasteiger partial charge >= 0.3 is 12.2 Å². The highest BCUT2D eigenvalue weighted by atomic mass is 35.5. The molecule has 1 fully saturated rings. The standard InChI is InChI=1S/C18H16ClF3N4O3/c19-15-6-1-12(18(20,21)22)11-16(15)23-17(27)25-9-7-24(8-10-25)13-2-4-14(5-3-13)26(28)29/h1-6,11H,7-10H2,(H,23,27). The van der Waals surface area contributed by atoms with Crippen LogP contribution in [0.5, 0.6) is 0 Å². The van der Waals surface area contributed by atoms with Gasteiger partial charge in [0.2, 0.25) is 0 Å². The van der Waals surface area contributed by atoms with Crippen molar-refractivity contribution in [2.75, 3.05) is 36.4 Å². The lowest BCUT2D eigenvalue weighted by Gasteiger charge is -2.36. The molecule has 0 aliphatic carbocycles. The Labute approximate surface area is 168 Å². The lowest BCUT2D eigenvalue weighted by molar-refractivity contribution is -0.384. The summed E-state index contributed by atoms with van der Waals surface area (Å²) in [5, 5.41) is 13.2. The Bertz CT molecular complexity index is 914. The Morgan fingerprint density at radius 1 is 1.07 bits per heavy atom. The minimum atomic E-state index is -4.54. The number of nitro groups is 1. The molecule has 3 rings (SSSR count). The molecule has 2 amide bonds. The lowest BCUT2D eigenvalue weighted by atomic mass is 10.2. The maximum absolute atomic E-state index is 12.9. The summed E-state index contributed by atoms with van der Waals surface area (Å²) in [5.41, 5.74) is -0.231. The van der Waals surface area contributed by atoms with Crippen LogP contribution in [0.2, 0.25) is 5.02 Å². The number of alkyl halides is 3. The first-order valence-corrected chi connectivity index (χ1v) is 8.95. The minimum Gasteiger partial charge on any atom is -0.368 e. The zero-order valence-corrected chi connectivity index (χ0v) is 15.7. The monoisotopic (exact) mass is 428 g/mol. The van der Waals surface area contributed by atoms with Crippen molar-refractivity contribution in [2.24, 2.45) is 0 Å². The summed E-state index contributed by atoms with van der Waals surface area (Å²) in [7, 11) is 0. The molecule has 1 N–H and O–H groups in total. The van der Waals surface area contributed by atoms with E-state index in [0.717, 1.165) is 23.9 Å². The van der Waals surface area contributed by atoms with Crippen molar-refractivity contribution in [3.63, 3.8) is 0 Å². The number of non-ortho nitro benzene ring substituents is 1. The maximum atomic E-state index is 12.9. The molecule has 2 aromatic carbocycles. The van der Waals surface area contributed by atoms with E-state index in [2.05, 4.69) is 5.32 Å². The molecule has 1 heterocycles. The van der Waals surface area contributed by atoms with E-state index in [1.165, 1.54) is 17.0 Å². The van der Waals surface area contributed by atoms with E-state index in [-0.39, 0.29) is 16.4 Å². The molecule has 1 aliphatic rings. The van der Waals surface area contributed by atoms with Crippen LogP contribution in [-0.2, 0) is 6.18 Å². The molecule has 0 unspecified atom stereocenters. The Balaban J connectivity index is 1.61. The number of nitro benzene ring substituents is 1. The van der Waals surface area contributed by atoms with Gasteiger partial charge in [0.05, 0.1) is 21.2 Å². The molecular weight excluding hydrogens is 413 g/mol. The number of halogens is 4. The van der Waals surface area contributed by atoms with Gasteiger partial charge in [-0.2, -0.15) is 13.2 Å². The van der Waals surface area contributed by atoms with Crippen LogP contribution in [0.25, 0.3) is 0 Å². The van der Waals surface area contributed by atoms with Crippen molar-refractivity contribution in [3.8, 4) is 0 Å². The molecule has 0 saturated carbocycles. The molecule has 11 heteroatoms. The molecule has 0 bridgehead atoms. The van der Waals surface area contributed by atoms with E-state index in [0.29, 0.717) is 26.2 Å². The SMILES string of the molecule is O=C(Nc1cc(C(F)(F)F)ccc1Cl)N1CCN(c2ccc([N+](=O)[O-])cc2)CC1. The highest BCUT2D eigenvalue weighted by Gasteiger charge is 2.31. The number of rotatable bonds is 3. The average molecular weight is 429 g/mol. The molecule has 7 nitrogen and oxygen atoms in total. The summed E-state index contributed by atoms with van der Waals surface area (Å²) in [6.07, 6.45) is -4.54. The molecule has 0 radical (unpaired) electrons. The van der Waals surface area contributed by atoms with Gasteiger partial charge in [0.1, 0.15) is 0 Å². The summed E-state index contributed by atoms with van der Waals surface area (Å²) in [4.78, 5) is 26.1. The zero-order valence-electron chi connectivity index (χ0n) is 14.9. The number of piperazine rings is 1. The summed E-state index contributed by atoms with van der Waals surface area (Å²) < 4.78 is 38.6. The molecular formula is C18H16ClF3N4O3. The van der Waals surface area contributed by atoms with Crippen LogP contribution < -0.4 is 10.2 Å². The Morgan fingerprint density at radius 3 is 2.24 bits per heavy atom. The Morgan fingerprint density at radius 2 is 1.69 bits per heavy atom. The second-order valence-electron chi connectivity index (χ2n) is 6.37. The fourth-order valence-electron chi connectivity index (χ4n) is 2.94. The topological polar surface area (TPSA) is 78.7 Å². The van der Waals surface area contributed by atoms with Crippen molar-refractivity contribution < 1.29 is 22.9 Å². The van der Waals surface area contributed by atoms with Crippen LogP contribution in [0, 0.1) is 10.1 Å². The second kappa shape index (κ2) is 8.16. The third-order valence-corrected chi connectivity index (χ3v) is 4.86. The predicted molar refractivity (Wildman–Crippen MR) is 102 cm³/mol. The van der Waals surface area contributed by atoms with Gasteiger partial charge < -0.3 is 15.1 Å². The van der Waals surface area contributed by atoms with E-state index < -0.39 is 22.7 Å². The molecule has 0 aromatic heterocycles. The molecule has 1 saturated heterocycles. The fourth-order valence-corrected chi connectivity index (χ4v) is 3.11. The van der Waals surface area contributed by atoms with E-state index in [1.807, 2.05) is 4.90 Å². The van der Waals surface area contributed by atoms with Crippen molar-refractivity contribution in [1.29, 1.82) is 0 Å².